The minimum Gasteiger partial charge on any atom is -0.375 e. The number of hydrogen-bond donors (Lipinski definition) is 1. The van der Waals surface area contributed by atoms with Crippen molar-refractivity contribution in [3.8, 4) is 0 Å². The van der Waals surface area contributed by atoms with Crippen LogP contribution in [0.5, 0.6) is 0 Å². The number of rotatable bonds is 4. The Bertz CT molecular complexity index is 517. The van der Waals surface area contributed by atoms with E-state index in [0.29, 0.717) is 5.56 Å². The van der Waals surface area contributed by atoms with Crippen molar-refractivity contribution in [2.45, 2.75) is 51.2 Å². The van der Waals surface area contributed by atoms with Gasteiger partial charge in [0, 0.05) is 20.7 Å². The Morgan fingerprint density at radius 3 is 2.86 bits per heavy atom. The Hall–Kier alpha value is -0.140. The molecule has 1 N–H and O–H groups in total. The summed E-state index contributed by atoms with van der Waals surface area (Å²) in [5.41, 5.74) is 0.630. The first-order valence-electron chi connectivity index (χ1n) is 7.39. The Balaban J connectivity index is 2.07. The molecule has 21 heavy (non-hydrogen) atoms. The maximum atomic E-state index is 12.5. The maximum Gasteiger partial charge on any atom is 0.252 e. The van der Waals surface area contributed by atoms with E-state index in [0.717, 1.165) is 40.3 Å². The van der Waals surface area contributed by atoms with E-state index in [1.165, 1.54) is 0 Å². The van der Waals surface area contributed by atoms with Gasteiger partial charge in [-0.05, 0) is 82.4 Å². The monoisotopic (exact) mass is 465 g/mol. The highest BCUT2D eigenvalue weighted by atomic mass is 127. The van der Waals surface area contributed by atoms with E-state index in [4.69, 9.17) is 4.74 Å². The minimum absolute atomic E-state index is 0.00611. The maximum absolute atomic E-state index is 12.5. The van der Waals surface area contributed by atoms with Gasteiger partial charge < -0.3 is 10.1 Å². The zero-order valence-electron chi connectivity index (χ0n) is 12.4. The van der Waals surface area contributed by atoms with E-state index >= 15 is 0 Å². The van der Waals surface area contributed by atoms with Crippen molar-refractivity contribution in [3.63, 3.8) is 0 Å². The number of amides is 1. The smallest absolute Gasteiger partial charge is 0.252 e. The van der Waals surface area contributed by atoms with Crippen LogP contribution in [-0.2, 0) is 4.74 Å². The molecular weight excluding hydrogens is 445 g/mol. The molecule has 0 bridgehead atoms. The Morgan fingerprint density at radius 1 is 1.48 bits per heavy atom. The number of ether oxygens (including phenoxy) is 1. The van der Waals surface area contributed by atoms with E-state index in [1.807, 2.05) is 18.2 Å². The van der Waals surface area contributed by atoms with Crippen LogP contribution in [0.1, 0.15) is 49.9 Å². The van der Waals surface area contributed by atoms with Gasteiger partial charge in [0.1, 0.15) is 0 Å². The third-order valence-corrected chi connectivity index (χ3v) is 5.65. The molecule has 116 valence electrons. The zero-order chi connectivity index (χ0) is 15.5. The summed E-state index contributed by atoms with van der Waals surface area (Å²) in [5, 5.41) is 3.17. The second-order valence-corrected chi connectivity index (χ2v) is 7.63. The van der Waals surface area contributed by atoms with Crippen LogP contribution in [0.25, 0.3) is 0 Å². The van der Waals surface area contributed by atoms with Gasteiger partial charge >= 0.3 is 0 Å². The number of halogens is 2. The lowest BCUT2D eigenvalue weighted by atomic mass is 9.86. The summed E-state index contributed by atoms with van der Waals surface area (Å²) >= 11 is 5.68. The molecule has 0 radical (unpaired) electrons. The molecule has 1 aliphatic heterocycles. The van der Waals surface area contributed by atoms with Crippen molar-refractivity contribution in [1.82, 2.24) is 5.32 Å². The highest BCUT2D eigenvalue weighted by molar-refractivity contribution is 14.1. The molecule has 1 saturated heterocycles. The van der Waals surface area contributed by atoms with Crippen LogP contribution in [0, 0.1) is 3.57 Å². The van der Waals surface area contributed by atoms with Crippen molar-refractivity contribution >= 4 is 44.4 Å². The fourth-order valence-corrected chi connectivity index (χ4v) is 3.75. The normalized spacial score (nSPS) is 21.0. The van der Waals surface area contributed by atoms with E-state index in [9.17, 15) is 4.79 Å². The molecular formula is C16H21BrINO2. The van der Waals surface area contributed by atoms with Gasteiger partial charge in [-0.3, -0.25) is 4.79 Å². The van der Waals surface area contributed by atoms with E-state index in [1.54, 1.807) is 0 Å². The van der Waals surface area contributed by atoms with E-state index < -0.39 is 0 Å². The van der Waals surface area contributed by atoms with Crippen LogP contribution < -0.4 is 5.32 Å². The van der Waals surface area contributed by atoms with Crippen molar-refractivity contribution < 1.29 is 9.53 Å². The molecule has 0 spiro atoms. The predicted octanol–water partition coefficient (Wildman–Crippen LogP) is 4.52. The number of benzene rings is 1. The van der Waals surface area contributed by atoms with Crippen molar-refractivity contribution in [2.75, 3.05) is 6.61 Å². The molecule has 0 saturated carbocycles. The highest BCUT2D eigenvalue weighted by Crippen LogP contribution is 2.31. The second-order valence-electron chi connectivity index (χ2n) is 5.53. The fraction of sp³-hybridized carbons (Fsp3) is 0.562. The first kappa shape index (κ1) is 17.2. The summed E-state index contributed by atoms with van der Waals surface area (Å²) in [5.74, 6) is -0.00611. The summed E-state index contributed by atoms with van der Waals surface area (Å²) in [7, 11) is 0. The Morgan fingerprint density at radius 2 is 2.19 bits per heavy atom. The van der Waals surface area contributed by atoms with Gasteiger partial charge in [-0.2, -0.15) is 0 Å². The lowest BCUT2D eigenvalue weighted by Gasteiger charge is -2.40. The molecule has 1 aromatic carbocycles. The van der Waals surface area contributed by atoms with Gasteiger partial charge in [-0.1, -0.05) is 13.8 Å². The topological polar surface area (TPSA) is 38.3 Å². The highest BCUT2D eigenvalue weighted by Gasteiger charge is 2.35. The summed E-state index contributed by atoms with van der Waals surface area (Å²) in [6.07, 6.45) is 3.76. The third kappa shape index (κ3) is 4.20. The van der Waals surface area contributed by atoms with Crippen LogP contribution in [0.3, 0.4) is 0 Å². The molecule has 5 heteroatoms. The van der Waals surface area contributed by atoms with Crippen LogP contribution in [0.2, 0.25) is 0 Å². The first-order chi connectivity index (χ1) is 9.99. The quantitative estimate of drug-likeness (QED) is 0.664. The van der Waals surface area contributed by atoms with Crippen LogP contribution in [0.15, 0.2) is 22.7 Å². The molecule has 1 amide bonds. The third-order valence-electron chi connectivity index (χ3n) is 4.29. The molecule has 1 aromatic rings. The number of carbonyl (C=O) groups excluding carboxylic acids is 1. The van der Waals surface area contributed by atoms with Gasteiger partial charge in [-0.15, -0.1) is 0 Å². The van der Waals surface area contributed by atoms with Gasteiger partial charge in [0.15, 0.2) is 0 Å². The lowest BCUT2D eigenvalue weighted by molar-refractivity contribution is -0.0917. The molecule has 3 nitrogen and oxygen atoms in total. The molecule has 2 rings (SSSR count). The van der Waals surface area contributed by atoms with Crippen molar-refractivity contribution in [3.05, 3.63) is 31.8 Å². The SMILES string of the molecule is CCC1(CC)CC(NC(=O)c2cc(I)ccc2Br)CCO1. The summed E-state index contributed by atoms with van der Waals surface area (Å²) < 4.78 is 7.86. The molecule has 1 aliphatic rings. The van der Waals surface area contributed by atoms with Gasteiger partial charge in [-0.25, -0.2) is 0 Å². The largest absolute Gasteiger partial charge is 0.375 e. The second kappa shape index (κ2) is 7.42. The number of carbonyl (C=O) groups is 1. The first-order valence-corrected chi connectivity index (χ1v) is 9.26. The average molecular weight is 466 g/mol. The van der Waals surface area contributed by atoms with Crippen LogP contribution in [0.4, 0.5) is 0 Å². The van der Waals surface area contributed by atoms with Gasteiger partial charge in [0.25, 0.3) is 5.91 Å². The molecule has 1 atom stereocenters. The standard InChI is InChI=1S/C16H21BrINO2/c1-3-16(4-2)10-12(7-8-21-16)19-15(20)13-9-11(18)5-6-14(13)17/h5-6,9,12H,3-4,7-8,10H2,1-2H3,(H,19,20). The van der Waals surface area contributed by atoms with Gasteiger partial charge in [0.05, 0.1) is 11.2 Å². The van der Waals surface area contributed by atoms with Gasteiger partial charge in [0.2, 0.25) is 0 Å². The molecule has 1 heterocycles. The molecule has 1 fully saturated rings. The Kier molecular flexibility index (Phi) is 6.08. The average Bonchev–Trinajstić information content (AvgIpc) is 2.49. The van der Waals surface area contributed by atoms with Crippen LogP contribution in [-0.4, -0.2) is 24.2 Å². The number of hydrogen-bond acceptors (Lipinski definition) is 2. The van der Waals surface area contributed by atoms with Crippen molar-refractivity contribution in [2.24, 2.45) is 0 Å². The van der Waals surface area contributed by atoms with E-state index in [-0.39, 0.29) is 17.6 Å². The van der Waals surface area contributed by atoms with E-state index in [2.05, 4.69) is 57.7 Å². The minimum atomic E-state index is -0.0709. The molecule has 0 aromatic heterocycles. The fourth-order valence-electron chi connectivity index (χ4n) is 2.83. The summed E-state index contributed by atoms with van der Waals surface area (Å²) in [6.45, 7) is 5.04. The van der Waals surface area contributed by atoms with Crippen molar-refractivity contribution in [1.29, 1.82) is 0 Å². The zero-order valence-corrected chi connectivity index (χ0v) is 16.2. The van der Waals surface area contributed by atoms with Crippen LogP contribution >= 0.6 is 38.5 Å². The molecule has 0 aliphatic carbocycles. The number of nitrogens with one attached hydrogen (secondary N) is 1. The lowest BCUT2D eigenvalue weighted by Crippen LogP contribution is -2.48. The Labute approximate surface area is 148 Å². The summed E-state index contributed by atoms with van der Waals surface area (Å²) in [4.78, 5) is 12.5. The predicted molar refractivity (Wildman–Crippen MR) is 96.6 cm³/mol. The molecule has 1 unspecified atom stereocenters. The summed E-state index contributed by atoms with van der Waals surface area (Å²) in [6, 6.07) is 6.00.